The van der Waals surface area contributed by atoms with Crippen LogP contribution < -0.4 is 5.32 Å². The largest absolute Gasteiger partial charge is 0.455 e. The Kier molecular flexibility index (Phi) is 6.78. The van der Waals surface area contributed by atoms with E-state index in [1.54, 1.807) is 4.90 Å². The Hall–Kier alpha value is -3.27. The Morgan fingerprint density at radius 2 is 1.97 bits per heavy atom. The van der Waals surface area contributed by atoms with Gasteiger partial charge in [-0.2, -0.15) is 0 Å². The Morgan fingerprint density at radius 1 is 1.23 bits per heavy atom. The van der Waals surface area contributed by atoms with Crippen molar-refractivity contribution in [1.82, 2.24) is 4.90 Å². The quantitative estimate of drug-likeness (QED) is 0.373. The summed E-state index contributed by atoms with van der Waals surface area (Å²) in [6, 6.07) is 13.3. The molecule has 2 amide bonds. The van der Waals surface area contributed by atoms with Crippen molar-refractivity contribution in [3.05, 3.63) is 68.7 Å². The van der Waals surface area contributed by atoms with Crippen LogP contribution in [0.1, 0.15) is 12.0 Å². The molecular formula is C20H18BrN3O6. The minimum absolute atomic E-state index is 0.0428. The van der Waals surface area contributed by atoms with E-state index >= 15 is 0 Å². The fourth-order valence-corrected chi connectivity index (χ4v) is 3.51. The molecule has 156 valence electrons. The number of hydrogen-bond donors (Lipinski definition) is 1. The number of amides is 2. The zero-order valence-corrected chi connectivity index (χ0v) is 17.3. The van der Waals surface area contributed by atoms with Crippen molar-refractivity contribution in [1.29, 1.82) is 0 Å². The molecule has 9 nitrogen and oxygen atoms in total. The van der Waals surface area contributed by atoms with Gasteiger partial charge in [0.1, 0.15) is 0 Å². The van der Waals surface area contributed by atoms with E-state index in [1.807, 2.05) is 30.3 Å². The van der Waals surface area contributed by atoms with Gasteiger partial charge in [-0.15, -0.1) is 0 Å². The van der Waals surface area contributed by atoms with Crippen LogP contribution >= 0.6 is 15.9 Å². The van der Waals surface area contributed by atoms with Crippen LogP contribution in [0.15, 0.2) is 53.0 Å². The first-order valence-electron chi connectivity index (χ1n) is 9.05. The standard InChI is InChI=1S/C20H18BrN3O6/c21-16-9-15(24(28)29)6-7-17(16)22-18(25)12-30-20(27)14-8-19(26)23(11-14)10-13-4-2-1-3-5-13/h1-7,9,14H,8,10-12H2,(H,22,25). The molecule has 1 aliphatic rings. The van der Waals surface area contributed by atoms with Gasteiger partial charge in [0.05, 0.1) is 16.5 Å². The van der Waals surface area contributed by atoms with Gasteiger partial charge in [-0.3, -0.25) is 24.5 Å². The van der Waals surface area contributed by atoms with Crippen LogP contribution in [0.25, 0.3) is 0 Å². The summed E-state index contributed by atoms with van der Waals surface area (Å²) in [4.78, 5) is 48.3. The first-order valence-corrected chi connectivity index (χ1v) is 9.85. The Morgan fingerprint density at radius 3 is 2.63 bits per heavy atom. The van der Waals surface area contributed by atoms with Crippen molar-refractivity contribution < 1.29 is 24.0 Å². The lowest BCUT2D eigenvalue weighted by atomic mass is 10.1. The fourth-order valence-electron chi connectivity index (χ4n) is 3.05. The number of carbonyl (C=O) groups is 3. The Labute approximate surface area is 180 Å². The van der Waals surface area contributed by atoms with E-state index in [-0.39, 0.29) is 24.6 Å². The van der Waals surface area contributed by atoms with Crippen molar-refractivity contribution in [2.75, 3.05) is 18.5 Å². The number of carbonyl (C=O) groups excluding carboxylic acids is 3. The second-order valence-electron chi connectivity index (χ2n) is 6.74. The molecule has 0 aliphatic carbocycles. The molecule has 0 aromatic heterocycles. The number of rotatable bonds is 7. The van der Waals surface area contributed by atoms with E-state index in [2.05, 4.69) is 21.2 Å². The Balaban J connectivity index is 1.49. The first-order chi connectivity index (χ1) is 14.3. The van der Waals surface area contributed by atoms with E-state index in [1.165, 1.54) is 18.2 Å². The third-order valence-corrected chi connectivity index (χ3v) is 5.20. The van der Waals surface area contributed by atoms with Crippen LogP contribution in [-0.4, -0.2) is 40.8 Å². The molecule has 0 saturated carbocycles. The zero-order chi connectivity index (χ0) is 21.7. The van der Waals surface area contributed by atoms with Crippen LogP contribution in [0.4, 0.5) is 11.4 Å². The molecule has 1 fully saturated rings. The van der Waals surface area contributed by atoms with Gasteiger partial charge in [-0.1, -0.05) is 30.3 Å². The van der Waals surface area contributed by atoms with E-state index < -0.39 is 29.3 Å². The number of nitrogens with zero attached hydrogens (tertiary/aromatic N) is 2. The third-order valence-electron chi connectivity index (χ3n) is 4.55. The van der Waals surface area contributed by atoms with Crippen molar-refractivity contribution in [3.63, 3.8) is 0 Å². The molecule has 30 heavy (non-hydrogen) atoms. The highest BCUT2D eigenvalue weighted by molar-refractivity contribution is 9.10. The highest BCUT2D eigenvalue weighted by Gasteiger charge is 2.35. The average molecular weight is 476 g/mol. The van der Waals surface area contributed by atoms with Crippen LogP contribution in [0, 0.1) is 16.0 Å². The highest BCUT2D eigenvalue weighted by Crippen LogP contribution is 2.27. The van der Waals surface area contributed by atoms with Gasteiger partial charge in [0, 0.05) is 36.1 Å². The topological polar surface area (TPSA) is 119 Å². The second-order valence-corrected chi connectivity index (χ2v) is 7.59. The second kappa shape index (κ2) is 9.49. The van der Waals surface area contributed by atoms with E-state index in [4.69, 9.17) is 4.74 Å². The maximum absolute atomic E-state index is 12.3. The van der Waals surface area contributed by atoms with Crippen molar-refractivity contribution in [2.45, 2.75) is 13.0 Å². The predicted molar refractivity (Wildman–Crippen MR) is 110 cm³/mol. The van der Waals surface area contributed by atoms with Gasteiger partial charge >= 0.3 is 5.97 Å². The third kappa shape index (κ3) is 5.41. The molecule has 1 aliphatic heterocycles. The first kappa shape index (κ1) is 21.4. The summed E-state index contributed by atoms with van der Waals surface area (Å²) in [6.07, 6.45) is 0.0428. The van der Waals surface area contributed by atoms with Crippen LogP contribution in [-0.2, 0) is 25.7 Å². The van der Waals surface area contributed by atoms with Gasteiger partial charge in [0.2, 0.25) is 5.91 Å². The molecule has 2 aromatic rings. The lowest BCUT2D eigenvalue weighted by molar-refractivity contribution is -0.384. The monoisotopic (exact) mass is 475 g/mol. The lowest BCUT2D eigenvalue weighted by Gasteiger charge is -2.16. The van der Waals surface area contributed by atoms with Crippen LogP contribution in [0.3, 0.4) is 0 Å². The van der Waals surface area contributed by atoms with Crippen molar-refractivity contribution in [3.8, 4) is 0 Å². The molecule has 1 unspecified atom stereocenters. The van der Waals surface area contributed by atoms with Gasteiger partial charge in [-0.25, -0.2) is 0 Å². The number of likely N-dealkylation sites (tertiary alicyclic amines) is 1. The fraction of sp³-hybridized carbons (Fsp3) is 0.250. The summed E-state index contributed by atoms with van der Waals surface area (Å²) < 4.78 is 5.38. The number of nitrogens with one attached hydrogen (secondary N) is 1. The van der Waals surface area contributed by atoms with E-state index in [0.29, 0.717) is 16.7 Å². The maximum atomic E-state index is 12.3. The smallest absolute Gasteiger partial charge is 0.311 e. The van der Waals surface area contributed by atoms with Crippen molar-refractivity contribution in [2.24, 2.45) is 5.92 Å². The molecule has 0 radical (unpaired) electrons. The van der Waals surface area contributed by atoms with Gasteiger partial charge in [-0.05, 0) is 27.6 Å². The van der Waals surface area contributed by atoms with E-state index in [0.717, 1.165) is 5.56 Å². The number of benzene rings is 2. The molecule has 10 heteroatoms. The van der Waals surface area contributed by atoms with Gasteiger partial charge in [0.25, 0.3) is 11.6 Å². The zero-order valence-electron chi connectivity index (χ0n) is 15.7. The predicted octanol–water partition coefficient (Wildman–Crippen LogP) is 2.89. The SMILES string of the molecule is O=C(COC(=O)C1CC(=O)N(Cc2ccccc2)C1)Nc1ccc([N+](=O)[O-])cc1Br. The van der Waals surface area contributed by atoms with Crippen LogP contribution in [0.2, 0.25) is 0 Å². The molecule has 1 N–H and O–H groups in total. The molecule has 0 bridgehead atoms. The molecule has 1 saturated heterocycles. The number of anilines is 1. The molecule has 3 rings (SSSR count). The number of ether oxygens (including phenoxy) is 1. The molecule has 1 heterocycles. The average Bonchev–Trinajstić information content (AvgIpc) is 3.08. The van der Waals surface area contributed by atoms with Crippen molar-refractivity contribution >= 4 is 45.1 Å². The summed E-state index contributed by atoms with van der Waals surface area (Å²) in [5.41, 5.74) is 1.15. The maximum Gasteiger partial charge on any atom is 0.311 e. The summed E-state index contributed by atoms with van der Waals surface area (Å²) in [6.45, 7) is 0.131. The lowest BCUT2D eigenvalue weighted by Crippen LogP contribution is -2.28. The number of hydrogen-bond acceptors (Lipinski definition) is 6. The number of esters is 1. The Bertz CT molecular complexity index is 982. The number of nitro groups is 1. The molecule has 1 atom stereocenters. The summed E-state index contributed by atoms with van der Waals surface area (Å²) in [5, 5.41) is 13.3. The van der Waals surface area contributed by atoms with Crippen LogP contribution in [0.5, 0.6) is 0 Å². The normalized spacial score (nSPS) is 15.7. The minimum atomic E-state index is -0.625. The summed E-state index contributed by atoms with van der Waals surface area (Å²) in [7, 11) is 0. The van der Waals surface area contributed by atoms with Gasteiger partial charge in [0.15, 0.2) is 6.61 Å². The highest BCUT2D eigenvalue weighted by atomic mass is 79.9. The van der Waals surface area contributed by atoms with Gasteiger partial charge < -0.3 is 15.0 Å². The summed E-state index contributed by atoms with van der Waals surface area (Å²) in [5.74, 6) is -1.97. The number of halogens is 1. The number of non-ortho nitro benzene ring substituents is 1. The minimum Gasteiger partial charge on any atom is -0.455 e. The van der Waals surface area contributed by atoms with E-state index in [9.17, 15) is 24.5 Å². The molecular weight excluding hydrogens is 458 g/mol. The summed E-state index contributed by atoms with van der Waals surface area (Å²) >= 11 is 3.15. The molecule has 2 aromatic carbocycles. The number of nitro benzene ring substituents is 1. The molecule has 0 spiro atoms.